The number of para-hydroxylation sites is 1. The summed E-state index contributed by atoms with van der Waals surface area (Å²) in [6.45, 7) is 4.27. The average Bonchev–Trinajstić information content (AvgIpc) is 2.70. The highest BCUT2D eigenvalue weighted by molar-refractivity contribution is 7.92. The number of sulfonamides is 1. The van der Waals surface area contributed by atoms with E-state index in [0.29, 0.717) is 27.4 Å². The Morgan fingerprint density at radius 1 is 0.900 bits per heavy atom. The number of nitrogens with one attached hydrogen (secondary N) is 3. The Bertz CT molecular complexity index is 1150. The van der Waals surface area contributed by atoms with Gasteiger partial charge in [0.2, 0.25) is 0 Å². The van der Waals surface area contributed by atoms with Crippen LogP contribution in [0.15, 0.2) is 77.7 Å². The number of anilines is 3. The van der Waals surface area contributed by atoms with Crippen LogP contribution >= 0.6 is 23.8 Å². The van der Waals surface area contributed by atoms with Crippen molar-refractivity contribution in [3.63, 3.8) is 0 Å². The number of halogens is 1. The molecule has 3 rings (SSSR count). The third-order valence-corrected chi connectivity index (χ3v) is 6.25. The predicted octanol–water partition coefficient (Wildman–Crippen LogP) is 6.07. The quantitative estimate of drug-likeness (QED) is 0.390. The first kappa shape index (κ1) is 22.1. The van der Waals surface area contributed by atoms with Crippen molar-refractivity contribution in [2.75, 3.05) is 15.4 Å². The zero-order valence-corrected chi connectivity index (χ0v) is 18.9. The molecule has 30 heavy (non-hydrogen) atoms. The molecule has 3 N–H and O–H groups in total. The topological polar surface area (TPSA) is 70.2 Å². The van der Waals surface area contributed by atoms with Gasteiger partial charge in [0.25, 0.3) is 10.0 Å². The molecular weight excluding hydrogens is 438 g/mol. The lowest BCUT2D eigenvalue weighted by atomic mass is 10.0. The van der Waals surface area contributed by atoms with E-state index in [1.165, 1.54) is 17.7 Å². The van der Waals surface area contributed by atoms with Gasteiger partial charge in [0.15, 0.2) is 5.11 Å². The van der Waals surface area contributed by atoms with E-state index >= 15 is 0 Å². The van der Waals surface area contributed by atoms with Gasteiger partial charge in [0.1, 0.15) is 0 Å². The van der Waals surface area contributed by atoms with E-state index in [4.69, 9.17) is 23.8 Å². The molecule has 0 heterocycles. The van der Waals surface area contributed by atoms with Gasteiger partial charge < -0.3 is 10.6 Å². The predicted molar refractivity (Wildman–Crippen MR) is 129 cm³/mol. The van der Waals surface area contributed by atoms with Crippen molar-refractivity contribution in [2.45, 2.75) is 24.7 Å². The van der Waals surface area contributed by atoms with E-state index < -0.39 is 10.0 Å². The lowest BCUT2D eigenvalue weighted by molar-refractivity contribution is 0.601. The van der Waals surface area contributed by atoms with Crippen LogP contribution in [0.1, 0.15) is 25.3 Å². The van der Waals surface area contributed by atoms with Gasteiger partial charge in [0, 0.05) is 11.4 Å². The summed E-state index contributed by atoms with van der Waals surface area (Å²) in [5, 5.41) is 6.80. The third-order valence-electron chi connectivity index (χ3n) is 4.36. The van der Waals surface area contributed by atoms with Crippen molar-refractivity contribution in [3.8, 4) is 0 Å². The van der Waals surface area contributed by atoms with Gasteiger partial charge in [-0.1, -0.05) is 55.8 Å². The highest BCUT2D eigenvalue weighted by Crippen LogP contribution is 2.25. The number of rotatable bonds is 6. The van der Waals surface area contributed by atoms with Crippen molar-refractivity contribution in [2.24, 2.45) is 0 Å². The minimum absolute atomic E-state index is 0.0940. The van der Waals surface area contributed by atoms with Crippen LogP contribution in [0.5, 0.6) is 0 Å². The van der Waals surface area contributed by atoms with Crippen molar-refractivity contribution in [3.05, 3.63) is 83.4 Å². The number of thiocarbonyl (C=S) groups is 1. The zero-order chi connectivity index (χ0) is 21.7. The van der Waals surface area contributed by atoms with Crippen LogP contribution in [-0.4, -0.2) is 13.5 Å². The largest absolute Gasteiger partial charge is 0.332 e. The molecular formula is C22H22ClN3O2S2. The number of benzene rings is 3. The summed E-state index contributed by atoms with van der Waals surface area (Å²) in [5.74, 6) is 0.452. The fourth-order valence-electron chi connectivity index (χ4n) is 2.73. The molecule has 5 nitrogen and oxygen atoms in total. The smallest absolute Gasteiger partial charge is 0.262 e. The summed E-state index contributed by atoms with van der Waals surface area (Å²) in [7, 11) is -3.80. The van der Waals surface area contributed by atoms with Crippen LogP contribution < -0.4 is 15.4 Å². The molecule has 0 aliphatic heterocycles. The van der Waals surface area contributed by atoms with Crippen LogP contribution in [0.25, 0.3) is 0 Å². The fraction of sp³-hybridized carbons (Fsp3) is 0.136. The average molecular weight is 460 g/mol. The van der Waals surface area contributed by atoms with Gasteiger partial charge in [-0.05, 0) is 66.2 Å². The van der Waals surface area contributed by atoms with Crippen LogP contribution in [0.2, 0.25) is 5.02 Å². The van der Waals surface area contributed by atoms with E-state index in [1.54, 1.807) is 36.4 Å². The second kappa shape index (κ2) is 9.47. The van der Waals surface area contributed by atoms with Gasteiger partial charge in [0.05, 0.1) is 15.6 Å². The van der Waals surface area contributed by atoms with Crippen molar-refractivity contribution in [1.29, 1.82) is 0 Å². The molecule has 0 saturated heterocycles. The molecule has 0 saturated carbocycles. The molecule has 3 aromatic rings. The molecule has 0 aromatic heterocycles. The summed E-state index contributed by atoms with van der Waals surface area (Å²) in [6.07, 6.45) is 0. The first-order valence-corrected chi connectivity index (χ1v) is 11.6. The van der Waals surface area contributed by atoms with Crippen molar-refractivity contribution in [1.82, 2.24) is 0 Å². The monoisotopic (exact) mass is 459 g/mol. The molecule has 0 unspecified atom stereocenters. The van der Waals surface area contributed by atoms with E-state index in [1.807, 2.05) is 24.3 Å². The maximum absolute atomic E-state index is 12.7. The van der Waals surface area contributed by atoms with E-state index in [9.17, 15) is 8.42 Å². The van der Waals surface area contributed by atoms with Gasteiger partial charge in [-0.15, -0.1) is 0 Å². The summed E-state index contributed by atoms with van der Waals surface area (Å²) in [6, 6.07) is 21.1. The zero-order valence-electron chi connectivity index (χ0n) is 16.5. The Labute approximate surface area is 187 Å². The van der Waals surface area contributed by atoms with Gasteiger partial charge in [-0.3, -0.25) is 4.72 Å². The Balaban J connectivity index is 1.70. The second-order valence-corrected chi connectivity index (χ2v) is 9.47. The highest BCUT2D eigenvalue weighted by Gasteiger charge is 2.16. The van der Waals surface area contributed by atoms with Crippen LogP contribution in [0, 0.1) is 0 Å². The molecule has 3 aromatic carbocycles. The lowest BCUT2D eigenvalue weighted by Crippen LogP contribution is -2.19. The first-order chi connectivity index (χ1) is 14.2. The lowest BCUT2D eigenvalue weighted by Gasteiger charge is -2.13. The van der Waals surface area contributed by atoms with E-state index in [0.717, 1.165) is 5.69 Å². The molecule has 0 bridgehead atoms. The molecule has 0 aliphatic rings. The Hall–Kier alpha value is -2.61. The summed E-state index contributed by atoms with van der Waals surface area (Å²) in [5.41, 5.74) is 2.96. The van der Waals surface area contributed by atoms with Crippen LogP contribution in [-0.2, 0) is 10.0 Å². The Morgan fingerprint density at radius 3 is 2.23 bits per heavy atom. The molecule has 156 valence electrons. The Morgan fingerprint density at radius 2 is 1.57 bits per heavy atom. The van der Waals surface area contributed by atoms with Gasteiger partial charge >= 0.3 is 0 Å². The van der Waals surface area contributed by atoms with Crippen LogP contribution in [0.4, 0.5) is 17.1 Å². The minimum atomic E-state index is -3.80. The SMILES string of the molecule is CC(C)c1ccc(NC(=S)Nc2cccc(S(=O)(=O)Nc3ccccc3Cl)c2)cc1. The summed E-state index contributed by atoms with van der Waals surface area (Å²) >= 11 is 11.4. The van der Waals surface area contributed by atoms with E-state index in [-0.39, 0.29) is 4.90 Å². The highest BCUT2D eigenvalue weighted by atomic mass is 35.5. The molecule has 0 fully saturated rings. The third kappa shape index (κ3) is 5.72. The van der Waals surface area contributed by atoms with Crippen LogP contribution in [0.3, 0.4) is 0 Å². The molecule has 0 atom stereocenters. The maximum atomic E-state index is 12.7. The Kier molecular flexibility index (Phi) is 6.97. The van der Waals surface area contributed by atoms with Gasteiger partial charge in [-0.2, -0.15) is 0 Å². The summed E-state index contributed by atoms with van der Waals surface area (Å²) in [4.78, 5) is 0.0940. The molecule has 0 aliphatic carbocycles. The molecule has 0 amide bonds. The minimum Gasteiger partial charge on any atom is -0.332 e. The molecule has 8 heteroatoms. The standard InChI is InChI=1S/C22H22ClN3O2S2/c1-15(2)16-10-12-17(13-11-16)24-22(29)25-18-6-5-7-19(14-18)30(27,28)26-21-9-4-3-8-20(21)23/h3-15,26H,1-2H3,(H2,24,25,29). The molecule has 0 radical (unpaired) electrons. The fourth-order valence-corrected chi connectivity index (χ4v) is 4.33. The number of hydrogen-bond donors (Lipinski definition) is 3. The normalized spacial score (nSPS) is 11.2. The molecule has 0 spiro atoms. The maximum Gasteiger partial charge on any atom is 0.262 e. The summed E-state index contributed by atoms with van der Waals surface area (Å²) < 4.78 is 27.9. The second-order valence-electron chi connectivity index (χ2n) is 6.97. The van der Waals surface area contributed by atoms with E-state index in [2.05, 4.69) is 29.2 Å². The first-order valence-electron chi connectivity index (χ1n) is 9.30. The van der Waals surface area contributed by atoms with Crippen molar-refractivity contribution < 1.29 is 8.42 Å². The number of hydrogen-bond acceptors (Lipinski definition) is 3. The van der Waals surface area contributed by atoms with Gasteiger partial charge in [-0.25, -0.2) is 8.42 Å². The van der Waals surface area contributed by atoms with Crippen molar-refractivity contribution >= 4 is 56.0 Å².